The summed E-state index contributed by atoms with van der Waals surface area (Å²) in [6.07, 6.45) is -7.48. The highest BCUT2D eigenvalue weighted by atomic mass is 31.2. The third kappa shape index (κ3) is 15.8. The molecule has 1 unspecified atom stereocenters. The van der Waals surface area contributed by atoms with Crippen molar-refractivity contribution < 1.29 is 80.3 Å². The Balaban J connectivity index is 1.24. The second-order valence-electron chi connectivity index (χ2n) is 19.0. The van der Waals surface area contributed by atoms with Crippen LogP contribution >= 0.6 is 8.53 Å². The Bertz CT molecular complexity index is 2650. The van der Waals surface area contributed by atoms with Crippen LogP contribution in [0.2, 0.25) is 0 Å². The van der Waals surface area contributed by atoms with E-state index in [1.54, 1.807) is 21.1 Å². The first-order chi connectivity index (χ1) is 37.2. The molecule has 2 saturated heterocycles. The Morgan fingerprint density at radius 3 is 1.79 bits per heavy atom. The van der Waals surface area contributed by atoms with Gasteiger partial charge in [0.15, 0.2) is 24.6 Å². The van der Waals surface area contributed by atoms with Gasteiger partial charge in [0.1, 0.15) is 42.1 Å². The topological polar surface area (TPSA) is 246 Å². The summed E-state index contributed by atoms with van der Waals surface area (Å²) in [5.74, 6) is -1.63. The molecule has 426 valence electrons. The number of H-pyrrole nitrogens is 1. The molecule has 9 atom stereocenters. The molecular formula is C55H72N3O19P. The van der Waals surface area contributed by atoms with Gasteiger partial charge in [-0.1, -0.05) is 54.6 Å². The van der Waals surface area contributed by atoms with Crippen LogP contribution in [0.3, 0.4) is 0 Å². The lowest BCUT2D eigenvalue weighted by atomic mass is 9.80. The van der Waals surface area contributed by atoms with Crippen molar-refractivity contribution >= 4 is 32.4 Å². The highest BCUT2D eigenvalue weighted by Crippen LogP contribution is 2.51. The molecule has 3 heterocycles. The van der Waals surface area contributed by atoms with Crippen LogP contribution in [-0.2, 0) is 76.5 Å². The number of rotatable bonds is 27. The van der Waals surface area contributed by atoms with Gasteiger partial charge in [0.2, 0.25) is 0 Å². The minimum absolute atomic E-state index is 0.0243. The molecule has 22 nitrogen and oxygen atoms in total. The van der Waals surface area contributed by atoms with Crippen molar-refractivity contribution in [3.63, 3.8) is 0 Å². The Hall–Kier alpha value is -6.07. The van der Waals surface area contributed by atoms with Crippen molar-refractivity contribution in [2.45, 2.75) is 136 Å². The van der Waals surface area contributed by atoms with E-state index >= 15 is 0 Å². The van der Waals surface area contributed by atoms with E-state index in [9.17, 15) is 28.8 Å². The Morgan fingerprint density at radius 1 is 0.692 bits per heavy atom. The molecule has 78 heavy (non-hydrogen) atoms. The summed E-state index contributed by atoms with van der Waals surface area (Å²) in [5.41, 5.74) is 0.332. The smallest absolute Gasteiger partial charge is 0.330 e. The van der Waals surface area contributed by atoms with E-state index in [0.29, 0.717) is 17.1 Å². The van der Waals surface area contributed by atoms with Gasteiger partial charge >= 0.3 is 29.6 Å². The molecule has 0 saturated carbocycles. The van der Waals surface area contributed by atoms with Gasteiger partial charge < -0.3 is 61.2 Å². The summed E-state index contributed by atoms with van der Waals surface area (Å²) in [7, 11) is 1.32. The molecule has 2 fully saturated rings. The average Bonchev–Trinajstić information content (AvgIpc) is 3.85. The zero-order valence-corrected chi connectivity index (χ0v) is 46.8. The van der Waals surface area contributed by atoms with E-state index in [0.717, 1.165) is 37.5 Å². The van der Waals surface area contributed by atoms with Crippen LogP contribution in [0.5, 0.6) is 11.5 Å². The summed E-state index contributed by atoms with van der Waals surface area (Å²) in [6, 6.07) is 24.9. The number of hydrogen-bond donors (Lipinski definition) is 1. The van der Waals surface area contributed by atoms with Crippen molar-refractivity contribution in [3.8, 4) is 11.5 Å². The molecule has 1 aromatic heterocycles. The quantitative estimate of drug-likeness (QED) is 0.0236. The van der Waals surface area contributed by atoms with Gasteiger partial charge in [0.25, 0.3) is 14.1 Å². The fourth-order valence-corrected chi connectivity index (χ4v) is 11.0. The van der Waals surface area contributed by atoms with E-state index in [4.69, 9.17) is 61.2 Å². The van der Waals surface area contributed by atoms with Crippen LogP contribution in [0.15, 0.2) is 94.6 Å². The number of aromatic amines is 1. The third-order valence-electron chi connectivity index (χ3n) is 12.6. The van der Waals surface area contributed by atoms with Gasteiger partial charge in [-0.25, -0.2) is 9.46 Å². The van der Waals surface area contributed by atoms with E-state index in [-0.39, 0.29) is 51.5 Å². The number of aryl methyl sites for hydroxylation is 1. The number of carbonyl (C=O) groups is 4. The largest absolute Gasteiger partial charge is 0.497 e. The lowest BCUT2D eigenvalue weighted by molar-refractivity contribution is -0.309. The maximum Gasteiger partial charge on any atom is 0.330 e. The summed E-state index contributed by atoms with van der Waals surface area (Å²) >= 11 is 0. The molecule has 6 rings (SSSR count). The predicted octanol–water partition coefficient (Wildman–Crippen LogP) is 6.02. The highest BCUT2D eigenvalue weighted by molar-refractivity contribution is 7.44. The molecule has 0 spiro atoms. The van der Waals surface area contributed by atoms with Crippen molar-refractivity contribution in [2.75, 3.05) is 53.9 Å². The van der Waals surface area contributed by atoms with Crippen molar-refractivity contribution in [3.05, 3.63) is 128 Å². The Morgan fingerprint density at radius 2 is 1.24 bits per heavy atom. The second-order valence-corrected chi connectivity index (χ2v) is 20.4. The number of esters is 4. The summed E-state index contributed by atoms with van der Waals surface area (Å²) in [4.78, 5) is 77.0. The number of nitrogens with one attached hydrogen (secondary N) is 1. The maximum absolute atomic E-state index is 13.4. The molecule has 2 aliphatic heterocycles. The van der Waals surface area contributed by atoms with Crippen LogP contribution in [0.1, 0.15) is 90.3 Å². The first kappa shape index (κ1) is 61.1. The van der Waals surface area contributed by atoms with E-state index < -0.39 is 105 Å². The lowest BCUT2D eigenvalue weighted by Gasteiger charge is -2.44. The normalized spacial score (nSPS) is 21.8. The van der Waals surface area contributed by atoms with Gasteiger partial charge in [-0.15, -0.1) is 0 Å². The number of carbonyl (C=O) groups excluding carboxylic acids is 4. The summed E-state index contributed by atoms with van der Waals surface area (Å²) in [5, 5.41) is 0. The van der Waals surface area contributed by atoms with Crippen molar-refractivity contribution in [1.29, 1.82) is 0 Å². The van der Waals surface area contributed by atoms with Crippen molar-refractivity contribution in [1.82, 2.24) is 14.2 Å². The monoisotopic (exact) mass is 1110 g/mol. The predicted molar refractivity (Wildman–Crippen MR) is 281 cm³/mol. The molecular weight excluding hydrogens is 1040 g/mol. The fraction of sp³-hybridized carbons (Fsp3) is 0.527. The molecule has 23 heteroatoms. The summed E-state index contributed by atoms with van der Waals surface area (Å²) < 4.78 is 82.0. The van der Waals surface area contributed by atoms with Crippen molar-refractivity contribution in [2.24, 2.45) is 0 Å². The van der Waals surface area contributed by atoms with E-state index in [2.05, 4.69) is 9.65 Å². The van der Waals surface area contributed by atoms with Crippen LogP contribution in [0, 0.1) is 6.92 Å². The van der Waals surface area contributed by atoms with Gasteiger partial charge in [-0.2, -0.15) is 0 Å². The molecule has 0 radical (unpaired) electrons. The SMILES string of the molecule is COc1ccc(C(OC[C@H]2O[C@@H](n3cc(C)c(=O)[nH]c3=O)C[C@@H]2OP(OCCOCCO[C@@H]2O[C@H](COC(C)=O)[C@@H](OC(C)=O)[C@H](OC(C)=O)[C@H]2OC(C)=O)N(C(C)C)C(C)C)(c2ccccc2)c2ccc(OC)cc2)cc1. The zero-order valence-electron chi connectivity index (χ0n) is 45.9. The van der Waals surface area contributed by atoms with Crippen LogP contribution < -0.4 is 20.7 Å². The number of methoxy groups -OCH3 is 2. The Kier molecular flexibility index (Phi) is 22.5. The van der Waals surface area contributed by atoms with E-state index in [1.807, 2.05) is 107 Å². The zero-order chi connectivity index (χ0) is 56.7. The first-order valence-electron chi connectivity index (χ1n) is 25.6. The van der Waals surface area contributed by atoms with Gasteiger partial charge in [0.05, 0.1) is 53.4 Å². The van der Waals surface area contributed by atoms with E-state index in [1.165, 1.54) is 17.7 Å². The minimum Gasteiger partial charge on any atom is -0.497 e. The lowest BCUT2D eigenvalue weighted by Crippen LogP contribution is -2.63. The molecule has 0 amide bonds. The summed E-state index contributed by atoms with van der Waals surface area (Å²) in [6.45, 7) is 13.8. The molecule has 4 aromatic rings. The Labute approximate surface area is 454 Å². The molecule has 0 bridgehead atoms. The van der Waals surface area contributed by atoms with Crippen LogP contribution in [0.4, 0.5) is 0 Å². The average molecular weight is 1110 g/mol. The number of hydrogen-bond acceptors (Lipinski definition) is 20. The third-order valence-corrected chi connectivity index (χ3v) is 14.8. The fourth-order valence-electron chi connectivity index (χ4n) is 9.28. The molecule has 1 N–H and O–H groups in total. The van der Waals surface area contributed by atoms with Crippen LogP contribution in [-0.4, -0.2) is 147 Å². The molecule has 3 aromatic carbocycles. The first-order valence-corrected chi connectivity index (χ1v) is 26.7. The highest BCUT2D eigenvalue weighted by Gasteiger charge is 2.53. The number of benzene rings is 3. The number of ether oxygens (including phenoxy) is 11. The molecule has 2 aliphatic rings. The van der Waals surface area contributed by atoms with Gasteiger partial charge in [-0.05, 0) is 75.6 Å². The second kappa shape index (κ2) is 28.7. The minimum atomic E-state index is -1.88. The van der Waals surface area contributed by atoms with Gasteiger partial charge in [0, 0.05) is 58.0 Å². The number of nitrogens with zero attached hydrogens (tertiary/aromatic N) is 2. The maximum atomic E-state index is 13.4. The number of aromatic nitrogens is 2. The van der Waals surface area contributed by atoms with Gasteiger partial charge in [-0.3, -0.25) is 33.5 Å². The molecule has 0 aliphatic carbocycles. The standard InChI is InChI=1S/C55H72N3O19P/c1-33(2)58(34(3)4)78(71-28-26-67-25-27-68-53-51(74-39(9)62)50(73-38(8)61)49(72-37(7)60)47(76-53)31-69-36(6)59)77-45-29-48(57-30-35(5)52(63)56-54(57)64)75-46(45)32-70-55(40-15-13-12-14-16-40,41-17-21-43(65-10)22-18-41)42-19-23-44(66-11)24-20-42/h12-24,30,33-34,45-51,53H,25-29,31-32H2,1-11H3,(H,56,63,64)/t45-,46+,47+,48+,49+,50-,51+,53+,78?/m0/s1. The van der Waals surface area contributed by atoms with Crippen LogP contribution in [0.25, 0.3) is 0 Å².